The Labute approximate surface area is 182 Å². The largest absolute Gasteiger partial charge is 0.325 e. The average Bonchev–Trinajstić information content (AvgIpc) is 2.74. The van der Waals surface area contributed by atoms with Gasteiger partial charge in [-0.2, -0.15) is 4.31 Å². The number of pyridine rings is 1. The zero-order chi connectivity index (χ0) is 22.2. The molecular weight excluding hydrogens is 412 g/mol. The minimum Gasteiger partial charge on any atom is -0.325 e. The molecular formula is C23H24N4O3S. The van der Waals surface area contributed by atoms with Crippen molar-refractivity contribution in [2.75, 3.05) is 23.4 Å². The molecule has 1 N–H and O–H groups in total. The maximum atomic E-state index is 13.2. The number of nitrogens with one attached hydrogen (secondary N) is 1. The Bertz CT molecular complexity index is 1240. The van der Waals surface area contributed by atoms with Gasteiger partial charge in [0.2, 0.25) is 15.9 Å². The van der Waals surface area contributed by atoms with E-state index in [1.807, 2.05) is 63.2 Å². The van der Waals surface area contributed by atoms with Gasteiger partial charge in [-0.3, -0.25) is 4.79 Å². The van der Waals surface area contributed by atoms with E-state index in [1.165, 1.54) is 10.4 Å². The molecule has 2 heterocycles. The zero-order valence-electron chi connectivity index (χ0n) is 17.7. The highest BCUT2D eigenvalue weighted by molar-refractivity contribution is 7.89. The first kappa shape index (κ1) is 21.0. The molecule has 0 saturated heterocycles. The highest BCUT2D eigenvalue weighted by atomic mass is 32.2. The van der Waals surface area contributed by atoms with E-state index < -0.39 is 15.9 Å². The van der Waals surface area contributed by atoms with Crippen molar-refractivity contribution in [2.45, 2.75) is 25.7 Å². The number of carbonyl (C=O) groups excluding carboxylic acids is 1. The van der Waals surface area contributed by atoms with Crippen molar-refractivity contribution in [3.63, 3.8) is 0 Å². The minimum absolute atomic E-state index is 0.00434. The van der Waals surface area contributed by atoms with Gasteiger partial charge in [-0.1, -0.05) is 29.8 Å². The van der Waals surface area contributed by atoms with E-state index in [1.54, 1.807) is 17.2 Å². The minimum atomic E-state index is -3.87. The molecule has 0 atom stereocenters. The SMILES string of the molecule is Cc1ccc(N2CN(CC(=O)Nc3cc(C)ccc3C)S(=O)(=O)c3cccnc32)cc1. The summed E-state index contributed by atoms with van der Waals surface area (Å²) >= 11 is 0. The number of nitrogens with zero attached hydrogens (tertiary/aromatic N) is 3. The van der Waals surface area contributed by atoms with E-state index >= 15 is 0 Å². The summed E-state index contributed by atoms with van der Waals surface area (Å²) < 4.78 is 27.6. The van der Waals surface area contributed by atoms with Crippen molar-refractivity contribution in [1.82, 2.24) is 9.29 Å². The summed E-state index contributed by atoms with van der Waals surface area (Å²) in [5, 5.41) is 2.84. The van der Waals surface area contributed by atoms with Crippen LogP contribution in [0.1, 0.15) is 16.7 Å². The molecule has 0 spiro atoms. The second-order valence-corrected chi connectivity index (χ2v) is 9.62. The van der Waals surface area contributed by atoms with Gasteiger partial charge in [0.25, 0.3) is 0 Å². The Morgan fingerprint density at radius 3 is 2.48 bits per heavy atom. The van der Waals surface area contributed by atoms with Crippen LogP contribution < -0.4 is 10.2 Å². The van der Waals surface area contributed by atoms with E-state index in [4.69, 9.17) is 0 Å². The smallest absolute Gasteiger partial charge is 0.248 e. The molecule has 0 bridgehead atoms. The van der Waals surface area contributed by atoms with Gasteiger partial charge in [0.1, 0.15) is 4.90 Å². The molecule has 0 radical (unpaired) electrons. The lowest BCUT2D eigenvalue weighted by Gasteiger charge is -2.36. The molecule has 0 aliphatic carbocycles. The average molecular weight is 437 g/mol. The maximum absolute atomic E-state index is 13.2. The maximum Gasteiger partial charge on any atom is 0.248 e. The number of aromatic nitrogens is 1. The van der Waals surface area contributed by atoms with Gasteiger partial charge in [-0.05, 0) is 62.2 Å². The second kappa shape index (κ2) is 8.13. The quantitative estimate of drug-likeness (QED) is 0.674. The number of aryl methyl sites for hydroxylation is 3. The number of amides is 1. The molecule has 1 amide bonds. The third-order valence-corrected chi connectivity index (χ3v) is 7.06. The molecule has 0 unspecified atom stereocenters. The van der Waals surface area contributed by atoms with Crippen LogP contribution in [0.15, 0.2) is 65.7 Å². The fourth-order valence-electron chi connectivity index (χ4n) is 3.51. The van der Waals surface area contributed by atoms with E-state index in [0.29, 0.717) is 11.5 Å². The van der Waals surface area contributed by atoms with Gasteiger partial charge in [0, 0.05) is 17.6 Å². The monoisotopic (exact) mass is 436 g/mol. The van der Waals surface area contributed by atoms with Crippen LogP contribution in [0.3, 0.4) is 0 Å². The van der Waals surface area contributed by atoms with Gasteiger partial charge >= 0.3 is 0 Å². The second-order valence-electron chi connectivity index (χ2n) is 7.71. The molecule has 160 valence electrons. The number of carbonyl (C=O) groups is 1. The van der Waals surface area contributed by atoms with Gasteiger partial charge in [-0.15, -0.1) is 0 Å². The zero-order valence-corrected chi connectivity index (χ0v) is 18.5. The third-order valence-electron chi connectivity index (χ3n) is 5.26. The first-order valence-electron chi connectivity index (χ1n) is 9.92. The predicted molar refractivity (Wildman–Crippen MR) is 121 cm³/mol. The lowest BCUT2D eigenvalue weighted by atomic mass is 10.1. The van der Waals surface area contributed by atoms with Crippen LogP contribution >= 0.6 is 0 Å². The summed E-state index contributed by atoms with van der Waals surface area (Å²) in [5.41, 5.74) is 4.50. The molecule has 1 aliphatic rings. The van der Waals surface area contributed by atoms with Crippen molar-refractivity contribution >= 4 is 33.1 Å². The molecule has 1 aromatic heterocycles. The number of hydrogen-bond acceptors (Lipinski definition) is 5. The van der Waals surface area contributed by atoms with Crippen LogP contribution in [0.4, 0.5) is 17.2 Å². The summed E-state index contributed by atoms with van der Waals surface area (Å²) in [7, 11) is -3.87. The van der Waals surface area contributed by atoms with Crippen LogP contribution in [-0.4, -0.2) is 36.8 Å². The Hall–Kier alpha value is -3.23. The fourth-order valence-corrected chi connectivity index (χ4v) is 4.99. The third kappa shape index (κ3) is 4.17. The van der Waals surface area contributed by atoms with Crippen LogP contribution in [0.25, 0.3) is 0 Å². The molecule has 0 fully saturated rings. The van der Waals surface area contributed by atoms with Crippen molar-refractivity contribution in [3.05, 3.63) is 77.5 Å². The van der Waals surface area contributed by atoms with Crippen molar-refractivity contribution in [2.24, 2.45) is 0 Å². The first-order chi connectivity index (χ1) is 14.8. The Balaban J connectivity index is 1.65. The van der Waals surface area contributed by atoms with Crippen LogP contribution in [0, 0.1) is 20.8 Å². The number of hydrogen-bond donors (Lipinski definition) is 1. The Kier molecular flexibility index (Phi) is 5.51. The standard InChI is InChI=1S/C23H24N4O3S/c1-16-7-10-19(11-8-16)27-15-26(31(29,30)21-5-4-12-24-23(21)27)14-22(28)25-20-13-17(2)6-9-18(20)3/h4-13H,14-15H2,1-3H3,(H,25,28). The molecule has 3 aromatic rings. The molecule has 7 nitrogen and oxygen atoms in total. The Morgan fingerprint density at radius 1 is 1.03 bits per heavy atom. The molecule has 4 rings (SSSR count). The van der Waals surface area contributed by atoms with Gasteiger partial charge in [0.05, 0.1) is 13.2 Å². The lowest BCUT2D eigenvalue weighted by Crippen LogP contribution is -2.47. The number of fused-ring (bicyclic) bond motifs is 1. The van der Waals surface area contributed by atoms with Crippen LogP contribution in [0.5, 0.6) is 0 Å². The highest BCUT2D eigenvalue weighted by Crippen LogP contribution is 2.36. The van der Waals surface area contributed by atoms with Crippen molar-refractivity contribution < 1.29 is 13.2 Å². The van der Waals surface area contributed by atoms with E-state index in [0.717, 1.165) is 22.4 Å². The molecule has 2 aromatic carbocycles. The summed E-state index contributed by atoms with van der Waals surface area (Å²) in [6.45, 7) is 5.52. The normalized spacial score (nSPS) is 15.4. The molecule has 31 heavy (non-hydrogen) atoms. The van der Waals surface area contributed by atoms with E-state index in [9.17, 15) is 13.2 Å². The fraction of sp³-hybridized carbons (Fsp3) is 0.217. The molecule has 0 saturated carbocycles. The summed E-state index contributed by atoms with van der Waals surface area (Å²) in [4.78, 5) is 19.0. The molecule has 8 heteroatoms. The topological polar surface area (TPSA) is 82.6 Å². The van der Waals surface area contributed by atoms with Gasteiger partial charge < -0.3 is 10.2 Å². The van der Waals surface area contributed by atoms with Crippen molar-refractivity contribution in [1.29, 1.82) is 0 Å². The first-order valence-corrected chi connectivity index (χ1v) is 11.4. The lowest BCUT2D eigenvalue weighted by molar-refractivity contribution is -0.116. The number of anilines is 3. The number of rotatable bonds is 4. The van der Waals surface area contributed by atoms with E-state index in [-0.39, 0.29) is 18.1 Å². The number of benzene rings is 2. The van der Waals surface area contributed by atoms with Gasteiger partial charge in [-0.25, -0.2) is 13.4 Å². The summed E-state index contributed by atoms with van der Waals surface area (Å²) in [6, 6.07) is 16.6. The van der Waals surface area contributed by atoms with Crippen LogP contribution in [-0.2, 0) is 14.8 Å². The summed E-state index contributed by atoms with van der Waals surface area (Å²) in [5.74, 6) is -0.0361. The van der Waals surface area contributed by atoms with E-state index in [2.05, 4.69) is 10.3 Å². The van der Waals surface area contributed by atoms with Crippen molar-refractivity contribution in [3.8, 4) is 0 Å². The summed E-state index contributed by atoms with van der Waals surface area (Å²) in [6.07, 6.45) is 1.57. The number of sulfonamides is 1. The van der Waals surface area contributed by atoms with Gasteiger partial charge in [0.15, 0.2) is 5.82 Å². The highest BCUT2D eigenvalue weighted by Gasteiger charge is 2.38. The Morgan fingerprint density at radius 2 is 1.74 bits per heavy atom. The van der Waals surface area contributed by atoms with Crippen LogP contribution in [0.2, 0.25) is 0 Å². The predicted octanol–water partition coefficient (Wildman–Crippen LogP) is 3.75. The molecule has 1 aliphatic heterocycles.